The Hall–Kier alpha value is -0.630. The van der Waals surface area contributed by atoms with Gasteiger partial charge >= 0.3 is 0 Å². The van der Waals surface area contributed by atoms with Crippen LogP contribution in [0.25, 0.3) is 0 Å². The Balaban J connectivity index is 1.43. The van der Waals surface area contributed by atoms with E-state index in [-0.39, 0.29) is 5.41 Å². The summed E-state index contributed by atoms with van der Waals surface area (Å²) in [5.41, 5.74) is 2.49. The molecule has 0 radical (unpaired) electrons. The number of allylic oxidation sites excluding steroid dienone is 2. The SMILES string of the molecule is CC(=O)[C@H]1CCC2C3CC=C4C[C@@H]([C@H]5CO5)CCC4(C)C3CC[C@@]21C. The molecule has 2 nitrogen and oxygen atoms in total. The lowest BCUT2D eigenvalue weighted by Gasteiger charge is -2.58. The highest BCUT2D eigenvalue weighted by atomic mass is 16.6. The molecule has 1 heterocycles. The van der Waals surface area contributed by atoms with Crippen LogP contribution >= 0.6 is 0 Å². The standard InChI is InChI=1S/C23H34O2/c1-14(24)18-6-7-19-17-5-4-16-12-15(21-13-25-21)8-10-22(16,2)20(17)9-11-23(18,19)3/h4,15,17-21H,5-13H2,1-3H3/t15-,17?,18+,19?,20?,21+,22?,23+/m0/s1. The van der Waals surface area contributed by atoms with E-state index >= 15 is 0 Å². The molecule has 3 saturated carbocycles. The molecule has 5 rings (SSSR count). The van der Waals surface area contributed by atoms with Crippen LogP contribution in [0.5, 0.6) is 0 Å². The molecule has 0 aromatic rings. The number of hydrogen-bond acceptors (Lipinski definition) is 2. The van der Waals surface area contributed by atoms with Crippen LogP contribution in [0.15, 0.2) is 11.6 Å². The zero-order valence-electron chi connectivity index (χ0n) is 16.2. The number of ether oxygens (including phenoxy) is 1. The molecule has 4 aliphatic carbocycles. The van der Waals surface area contributed by atoms with Crippen molar-refractivity contribution in [1.29, 1.82) is 0 Å². The fourth-order valence-electron chi connectivity index (χ4n) is 8.00. The monoisotopic (exact) mass is 342 g/mol. The summed E-state index contributed by atoms with van der Waals surface area (Å²) in [6.07, 6.45) is 13.6. The summed E-state index contributed by atoms with van der Waals surface area (Å²) < 4.78 is 5.61. The van der Waals surface area contributed by atoms with E-state index in [1.807, 2.05) is 6.92 Å². The molecular weight excluding hydrogens is 308 g/mol. The third-order valence-corrected chi connectivity index (χ3v) is 9.52. The Labute approximate surface area is 152 Å². The lowest BCUT2D eigenvalue weighted by molar-refractivity contribution is -0.127. The van der Waals surface area contributed by atoms with Crippen LogP contribution in [0.2, 0.25) is 0 Å². The quantitative estimate of drug-likeness (QED) is 0.512. The van der Waals surface area contributed by atoms with Gasteiger partial charge in [-0.1, -0.05) is 25.5 Å². The summed E-state index contributed by atoms with van der Waals surface area (Å²) in [6, 6.07) is 0. The number of Topliss-reactive ketones (excluding diaryl/α,β-unsaturated/α-hetero) is 1. The van der Waals surface area contributed by atoms with Crippen LogP contribution in [-0.4, -0.2) is 18.5 Å². The molecule has 0 spiro atoms. The molecule has 0 aromatic heterocycles. The highest BCUT2D eigenvalue weighted by molar-refractivity contribution is 5.79. The number of hydrogen-bond donors (Lipinski definition) is 0. The lowest BCUT2D eigenvalue weighted by atomic mass is 9.47. The van der Waals surface area contributed by atoms with Crippen molar-refractivity contribution in [3.8, 4) is 0 Å². The maximum absolute atomic E-state index is 12.2. The van der Waals surface area contributed by atoms with Crippen molar-refractivity contribution in [2.24, 2.45) is 40.4 Å². The number of epoxide rings is 1. The summed E-state index contributed by atoms with van der Waals surface area (Å²) >= 11 is 0. The maximum atomic E-state index is 12.2. The number of fused-ring (bicyclic) bond motifs is 5. The van der Waals surface area contributed by atoms with E-state index in [9.17, 15) is 4.79 Å². The number of carbonyl (C=O) groups excluding carboxylic acids is 1. The second-order valence-corrected chi connectivity index (χ2v) is 10.4. The summed E-state index contributed by atoms with van der Waals surface area (Å²) in [5, 5.41) is 0. The van der Waals surface area contributed by atoms with Gasteiger partial charge in [-0.3, -0.25) is 4.79 Å². The van der Waals surface area contributed by atoms with Crippen molar-refractivity contribution < 1.29 is 9.53 Å². The lowest BCUT2D eigenvalue weighted by Crippen LogP contribution is -2.50. The molecule has 8 atom stereocenters. The van der Waals surface area contributed by atoms with Gasteiger partial charge in [-0.2, -0.15) is 0 Å². The van der Waals surface area contributed by atoms with Gasteiger partial charge in [0.05, 0.1) is 12.7 Å². The van der Waals surface area contributed by atoms with E-state index in [0.717, 1.165) is 36.7 Å². The van der Waals surface area contributed by atoms with Gasteiger partial charge in [0.25, 0.3) is 0 Å². The summed E-state index contributed by atoms with van der Waals surface area (Å²) in [7, 11) is 0. The second-order valence-electron chi connectivity index (χ2n) is 10.4. The van der Waals surface area contributed by atoms with Gasteiger partial charge in [-0.15, -0.1) is 0 Å². The molecule has 4 unspecified atom stereocenters. The Morgan fingerprint density at radius 1 is 1.12 bits per heavy atom. The summed E-state index contributed by atoms with van der Waals surface area (Å²) in [5.74, 6) is 4.03. The number of carbonyl (C=O) groups is 1. The van der Waals surface area contributed by atoms with Gasteiger partial charge in [-0.25, -0.2) is 0 Å². The minimum atomic E-state index is 0.285. The van der Waals surface area contributed by atoms with E-state index in [4.69, 9.17) is 4.74 Å². The van der Waals surface area contributed by atoms with Gasteiger partial charge in [0, 0.05) is 5.92 Å². The molecule has 25 heavy (non-hydrogen) atoms. The van der Waals surface area contributed by atoms with Crippen LogP contribution in [0.3, 0.4) is 0 Å². The fraction of sp³-hybridized carbons (Fsp3) is 0.870. The minimum Gasteiger partial charge on any atom is -0.373 e. The zero-order chi connectivity index (χ0) is 17.4. The molecular formula is C23H34O2. The first-order chi connectivity index (χ1) is 11.9. The van der Waals surface area contributed by atoms with Crippen molar-refractivity contribution in [3.05, 3.63) is 11.6 Å². The van der Waals surface area contributed by atoms with Gasteiger partial charge in [0.2, 0.25) is 0 Å². The van der Waals surface area contributed by atoms with Crippen LogP contribution in [-0.2, 0) is 9.53 Å². The molecule has 0 N–H and O–H groups in total. The number of rotatable bonds is 2. The average Bonchev–Trinajstić information content (AvgIpc) is 3.35. The third-order valence-electron chi connectivity index (χ3n) is 9.52. The van der Waals surface area contributed by atoms with Gasteiger partial charge < -0.3 is 4.74 Å². The maximum Gasteiger partial charge on any atom is 0.133 e. The largest absolute Gasteiger partial charge is 0.373 e. The highest BCUT2D eigenvalue weighted by Gasteiger charge is 2.59. The van der Waals surface area contributed by atoms with Crippen LogP contribution in [0.1, 0.15) is 72.1 Å². The van der Waals surface area contributed by atoms with Crippen LogP contribution < -0.4 is 0 Å². The predicted molar refractivity (Wildman–Crippen MR) is 99.1 cm³/mol. The van der Waals surface area contributed by atoms with Crippen molar-refractivity contribution in [2.75, 3.05) is 6.61 Å². The molecule has 0 amide bonds. The van der Waals surface area contributed by atoms with Crippen molar-refractivity contribution in [3.63, 3.8) is 0 Å². The van der Waals surface area contributed by atoms with Gasteiger partial charge in [-0.05, 0) is 92.8 Å². The fourth-order valence-corrected chi connectivity index (χ4v) is 8.00. The molecule has 138 valence electrons. The minimum absolute atomic E-state index is 0.285. The summed E-state index contributed by atoms with van der Waals surface area (Å²) in [6.45, 7) is 7.88. The second kappa shape index (κ2) is 5.44. The Morgan fingerprint density at radius 2 is 1.92 bits per heavy atom. The molecule has 1 aliphatic heterocycles. The first-order valence-corrected chi connectivity index (χ1v) is 10.7. The Bertz CT molecular complexity index is 618. The molecule has 1 saturated heterocycles. The molecule has 0 bridgehead atoms. The molecule has 0 aromatic carbocycles. The Kier molecular flexibility index (Phi) is 3.60. The normalized spacial score (nSPS) is 54.1. The topological polar surface area (TPSA) is 29.6 Å². The van der Waals surface area contributed by atoms with E-state index in [2.05, 4.69) is 19.9 Å². The van der Waals surface area contributed by atoms with Gasteiger partial charge in [0.15, 0.2) is 0 Å². The smallest absolute Gasteiger partial charge is 0.133 e. The first-order valence-electron chi connectivity index (χ1n) is 10.7. The van der Waals surface area contributed by atoms with Crippen molar-refractivity contribution in [2.45, 2.75) is 78.2 Å². The van der Waals surface area contributed by atoms with Crippen LogP contribution in [0.4, 0.5) is 0 Å². The molecule has 4 fully saturated rings. The van der Waals surface area contributed by atoms with Crippen LogP contribution in [0, 0.1) is 40.4 Å². The highest BCUT2D eigenvalue weighted by Crippen LogP contribution is 2.66. The predicted octanol–water partition coefficient (Wildman–Crippen LogP) is 5.17. The van der Waals surface area contributed by atoms with Crippen molar-refractivity contribution in [1.82, 2.24) is 0 Å². The van der Waals surface area contributed by atoms with Crippen molar-refractivity contribution >= 4 is 5.78 Å². The first kappa shape index (κ1) is 16.5. The third kappa shape index (κ3) is 2.28. The van der Waals surface area contributed by atoms with E-state index in [1.54, 1.807) is 5.57 Å². The molecule has 5 aliphatic rings. The Morgan fingerprint density at radius 3 is 2.64 bits per heavy atom. The zero-order valence-corrected chi connectivity index (χ0v) is 16.2. The number of ketones is 1. The average molecular weight is 343 g/mol. The van der Waals surface area contributed by atoms with E-state index < -0.39 is 0 Å². The van der Waals surface area contributed by atoms with E-state index in [1.165, 1.54) is 44.9 Å². The van der Waals surface area contributed by atoms with E-state index in [0.29, 0.717) is 23.2 Å². The molecule has 2 heteroatoms. The summed E-state index contributed by atoms with van der Waals surface area (Å²) in [4.78, 5) is 12.2. The van der Waals surface area contributed by atoms with Gasteiger partial charge in [0.1, 0.15) is 5.78 Å².